The Morgan fingerprint density at radius 1 is 1.38 bits per heavy atom. The average molecular weight is 230 g/mol. The highest BCUT2D eigenvalue weighted by molar-refractivity contribution is 5.79. The lowest BCUT2D eigenvalue weighted by Gasteiger charge is -2.18. The van der Waals surface area contributed by atoms with Crippen LogP contribution < -0.4 is 11.1 Å². The molecule has 16 heavy (non-hydrogen) atoms. The highest BCUT2D eigenvalue weighted by Crippen LogP contribution is 2.09. The van der Waals surface area contributed by atoms with Crippen LogP contribution in [0.1, 0.15) is 33.6 Å². The molecule has 0 rings (SSSR count). The standard InChI is InChI=1S/C12H26N2O2/c1-9(2)11(7-13)12(16)14-6-4-5-10(3)8-15/h9-11,15H,4-8,13H2,1-3H3,(H,14,16). The lowest BCUT2D eigenvalue weighted by atomic mass is 9.95. The highest BCUT2D eigenvalue weighted by atomic mass is 16.3. The smallest absolute Gasteiger partial charge is 0.224 e. The molecule has 4 nitrogen and oxygen atoms in total. The number of carbonyl (C=O) groups excluding carboxylic acids is 1. The van der Waals surface area contributed by atoms with E-state index in [1.54, 1.807) is 0 Å². The van der Waals surface area contributed by atoms with Crippen molar-refractivity contribution in [3.8, 4) is 0 Å². The predicted octanol–water partition coefficient (Wildman–Crippen LogP) is 0.742. The zero-order chi connectivity index (χ0) is 12.6. The molecule has 0 aliphatic rings. The molecule has 4 N–H and O–H groups in total. The second-order valence-electron chi connectivity index (χ2n) is 4.81. The monoisotopic (exact) mass is 230 g/mol. The third-order valence-corrected chi connectivity index (χ3v) is 2.88. The molecule has 0 bridgehead atoms. The molecule has 0 radical (unpaired) electrons. The number of aliphatic hydroxyl groups excluding tert-OH is 1. The summed E-state index contributed by atoms with van der Waals surface area (Å²) in [6.45, 7) is 7.29. The van der Waals surface area contributed by atoms with Crippen molar-refractivity contribution < 1.29 is 9.90 Å². The van der Waals surface area contributed by atoms with Crippen molar-refractivity contribution in [3.05, 3.63) is 0 Å². The van der Waals surface area contributed by atoms with Crippen molar-refractivity contribution in [3.63, 3.8) is 0 Å². The van der Waals surface area contributed by atoms with Crippen molar-refractivity contribution in [2.45, 2.75) is 33.6 Å². The van der Waals surface area contributed by atoms with E-state index in [9.17, 15) is 4.79 Å². The van der Waals surface area contributed by atoms with Crippen LogP contribution in [0, 0.1) is 17.8 Å². The second kappa shape index (κ2) is 8.53. The number of carbonyl (C=O) groups is 1. The van der Waals surface area contributed by atoms with Crippen LogP contribution in [0.3, 0.4) is 0 Å². The van der Waals surface area contributed by atoms with Gasteiger partial charge in [0.2, 0.25) is 5.91 Å². The number of hydrogen-bond acceptors (Lipinski definition) is 3. The summed E-state index contributed by atoms with van der Waals surface area (Å²) in [5, 5.41) is 11.7. The molecule has 0 aromatic heterocycles. The fourth-order valence-electron chi connectivity index (χ4n) is 1.57. The summed E-state index contributed by atoms with van der Waals surface area (Å²) >= 11 is 0. The van der Waals surface area contributed by atoms with E-state index in [2.05, 4.69) is 5.32 Å². The second-order valence-corrected chi connectivity index (χ2v) is 4.81. The van der Waals surface area contributed by atoms with Gasteiger partial charge in [-0.25, -0.2) is 0 Å². The normalized spacial score (nSPS) is 14.9. The largest absolute Gasteiger partial charge is 0.396 e. The molecule has 0 saturated carbocycles. The van der Waals surface area contributed by atoms with Gasteiger partial charge >= 0.3 is 0 Å². The van der Waals surface area contributed by atoms with Gasteiger partial charge in [0.25, 0.3) is 0 Å². The molecule has 1 amide bonds. The molecule has 4 heteroatoms. The highest BCUT2D eigenvalue weighted by Gasteiger charge is 2.19. The van der Waals surface area contributed by atoms with Crippen LogP contribution in [0.15, 0.2) is 0 Å². The van der Waals surface area contributed by atoms with E-state index in [1.165, 1.54) is 0 Å². The van der Waals surface area contributed by atoms with Gasteiger partial charge in [0.15, 0.2) is 0 Å². The van der Waals surface area contributed by atoms with Crippen molar-refractivity contribution in [2.75, 3.05) is 19.7 Å². The molecule has 0 aliphatic carbocycles. The Morgan fingerprint density at radius 3 is 2.44 bits per heavy atom. The van der Waals surface area contributed by atoms with Crippen LogP contribution in [-0.2, 0) is 4.79 Å². The van der Waals surface area contributed by atoms with Crippen LogP contribution >= 0.6 is 0 Å². The molecule has 2 atom stereocenters. The zero-order valence-electron chi connectivity index (χ0n) is 10.7. The summed E-state index contributed by atoms with van der Waals surface area (Å²) in [7, 11) is 0. The summed E-state index contributed by atoms with van der Waals surface area (Å²) in [5.41, 5.74) is 5.55. The van der Waals surface area contributed by atoms with E-state index in [4.69, 9.17) is 10.8 Å². The van der Waals surface area contributed by atoms with E-state index in [0.29, 0.717) is 19.0 Å². The van der Waals surface area contributed by atoms with Gasteiger partial charge in [0, 0.05) is 19.7 Å². The fraction of sp³-hybridized carbons (Fsp3) is 0.917. The Bertz CT molecular complexity index is 195. The summed E-state index contributed by atoms with van der Waals surface area (Å²) in [6, 6.07) is 0. The molecule has 2 unspecified atom stereocenters. The van der Waals surface area contributed by atoms with Crippen molar-refractivity contribution in [1.82, 2.24) is 5.32 Å². The molecule has 0 aromatic rings. The van der Waals surface area contributed by atoms with Crippen LogP contribution in [0.2, 0.25) is 0 Å². The first-order valence-corrected chi connectivity index (χ1v) is 6.11. The zero-order valence-corrected chi connectivity index (χ0v) is 10.7. The molecule has 96 valence electrons. The minimum Gasteiger partial charge on any atom is -0.396 e. The molecular formula is C12H26N2O2. The van der Waals surface area contributed by atoms with E-state index in [0.717, 1.165) is 12.8 Å². The third-order valence-electron chi connectivity index (χ3n) is 2.88. The summed E-state index contributed by atoms with van der Waals surface area (Å²) in [4.78, 5) is 11.7. The van der Waals surface area contributed by atoms with Gasteiger partial charge in [0.1, 0.15) is 0 Å². The van der Waals surface area contributed by atoms with Gasteiger partial charge in [-0.3, -0.25) is 4.79 Å². The van der Waals surface area contributed by atoms with Gasteiger partial charge in [-0.05, 0) is 24.7 Å². The third kappa shape index (κ3) is 6.08. The van der Waals surface area contributed by atoms with Gasteiger partial charge in [0.05, 0.1) is 5.92 Å². The van der Waals surface area contributed by atoms with Gasteiger partial charge in [-0.15, -0.1) is 0 Å². The Morgan fingerprint density at radius 2 is 2.00 bits per heavy atom. The number of nitrogens with two attached hydrogens (primary N) is 1. The van der Waals surface area contributed by atoms with E-state index in [-0.39, 0.29) is 24.3 Å². The Labute approximate surface area is 98.6 Å². The molecule has 0 aromatic carbocycles. The molecule has 0 saturated heterocycles. The van der Waals surface area contributed by atoms with Gasteiger partial charge in [-0.2, -0.15) is 0 Å². The predicted molar refractivity (Wildman–Crippen MR) is 65.9 cm³/mol. The number of nitrogens with one attached hydrogen (secondary N) is 1. The summed E-state index contributed by atoms with van der Waals surface area (Å²) in [5.74, 6) is 0.554. The fourth-order valence-corrected chi connectivity index (χ4v) is 1.57. The SMILES string of the molecule is CC(CO)CCCNC(=O)C(CN)C(C)C. The lowest BCUT2D eigenvalue weighted by Crippen LogP contribution is -2.38. The number of amides is 1. The maximum Gasteiger partial charge on any atom is 0.224 e. The summed E-state index contributed by atoms with van der Waals surface area (Å²) in [6.07, 6.45) is 1.84. The number of aliphatic hydroxyl groups is 1. The molecule has 0 heterocycles. The molecule has 0 fully saturated rings. The van der Waals surface area contributed by atoms with Crippen molar-refractivity contribution in [2.24, 2.45) is 23.5 Å². The minimum absolute atomic E-state index is 0.0501. The van der Waals surface area contributed by atoms with E-state index in [1.807, 2.05) is 20.8 Å². The first kappa shape index (κ1) is 15.4. The number of hydrogen-bond donors (Lipinski definition) is 3. The Hall–Kier alpha value is -0.610. The minimum atomic E-state index is -0.0877. The first-order chi connectivity index (χ1) is 7.52. The first-order valence-electron chi connectivity index (χ1n) is 6.11. The van der Waals surface area contributed by atoms with E-state index >= 15 is 0 Å². The quantitative estimate of drug-likeness (QED) is 0.538. The molecule has 0 spiro atoms. The maximum atomic E-state index is 11.7. The van der Waals surface area contributed by atoms with Crippen LogP contribution in [-0.4, -0.2) is 30.7 Å². The number of rotatable bonds is 8. The molecular weight excluding hydrogens is 204 g/mol. The Kier molecular flexibility index (Phi) is 8.21. The maximum absolute atomic E-state index is 11.7. The topological polar surface area (TPSA) is 75.3 Å². The van der Waals surface area contributed by atoms with Gasteiger partial charge in [-0.1, -0.05) is 20.8 Å². The Balaban J connectivity index is 3.72. The molecule has 0 aliphatic heterocycles. The lowest BCUT2D eigenvalue weighted by molar-refractivity contribution is -0.125. The van der Waals surface area contributed by atoms with Crippen LogP contribution in [0.4, 0.5) is 0 Å². The van der Waals surface area contributed by atoms with Crippen LogP contribution in [0.25, 0.3) is 0 Å². The van der Waals surface area contributed by atoms with Crippen molar-refractivity contribution >= 4 is 5.91 Å². The van der Waals surface area contributed by atoms with Gasteiger partial charge < -0.3 is 16.2 Å². The average Bonchev–Trinajstić information content (AvgIpc) is 2.24. The summed E-state index contributed by atoms with van der Waals surface area (Å²) < 4.78 is 0. The van der Waals surface area contributed by atoms with Crippen molar-refractivity contribution in [1.29, 1.82) is 0 Å². The van der Waals surface area contributed by atoms with Crippen LogP contribution in [0.5, 0.6) is 0 Å². The van der Waals surface area contributed by atoms with E-state index < -0.39 is 0 Å².